The van der Waals surface area contributed by atoms with E-state index in [1.54, 1.807) is 0 Å². The number of benzene rings is 1. The molecule has 2 rings (SSSR count). The number of carbonyl (C=O) groups is 2. The van der Waals surface area contributed by atoms with Crippen LogP contribution >= 0.6 is 0 Å². The average molecular weight is 291 g/mol. The number of hydrogen-bond donors (Lipinski definition) is 4. The Bertz CT molecular complexity index is 472. The van der Waals surface area contributed by atoms with E-state index in [1.165, 1.54) is 5.48 Å². The summed E-state index contributed by atoms with van der Waals surface area (Å²) in [5, 5.41) is 14.1. The van der Waals surface area contributed by atoms with E-state index in [1.807, 2.05) is 30.3 Å². The second-order valence-electron chi connectivity index (χ2n) is 5.32. The van der Waals surface area contributed by atoms with Gasteiger partial charge in [-0.3, -0.25) is 10.0 Å². The van der Waals surface area contributed by atoms with Crippen molar-refractivity contribution in [2.24, 2.45) is 0 Å². The van der Waals surface area contributed by atoms with Gasteiger partial charge in [0.25, 0.3) is 0 Å². The molecule has 0 aromatic heterocycles. The molecule has 6 nitrogen and oxygen atoms in total. The molecular weight excluding hydrogens is 270 g/mol. The molecule has 1 atom stereocenters. The number of nitrogens with one attached hydrogen (secondary N) is 3. The molecule has 6 heteroatoms. The molecule has 0 bridgehead atoms. The molecule has 1 aromatic carbocycles. The van der Waals surface area contributed by atoms with Gasteiger partial charge < -0.3 is 10.6 Å². The van der Waals surface area contributed by atoms with Crippen molar-refractivity contribution >= 4 is 11.9 Å². The molecule has 0 heterocycles. The summed E-state index contributed by atoms with van der Waals surface area (Å²) in [5.41, 5.74) is 2.45. The van der Waals surface area contributed by atoms with Gasteiger partial charge in [0.15, 0.2) is 0 Å². The first-order valence-corrected chi connectivity index (χ1v) is 7.24. The van der Waals surface area contributed by atoms with Crippen LogP contribution < -0.4 is 16.1 Å². The third-order valence-electron chi connectivity index (χ3n) is 3.71. The molecule has 1 aromatic rings. The Labute approximate surface area is 123 Å². The van der Waals surface area contributed by atoms with Crippen molar-refractivity contribution in [3.05, 3.63) is 35.9 Å². The van der Waals surface area contributed by atoms with Gasteiger partial charge in [0.1, 0.15) is 6.04 Å². The summed E-state index contributed by atoms with van der Waals surface area (Å²) in [6.45, 7) is 0. The van der Waals surface area contributed by atoms with Crippen LogP contribution in [0.15, 0.2) is 30.3 Å². The molecule has 1 aliphatic carbocycles. The third-order valence-corrected chi connectivity index (χ3v) is 3.71. The minimum Gasteiger partial charge on any atom is -0.352 e. The van der Waals surface area contributed by atoms with Crippen LogP contribution in [0, 0.1) is 0 Å². The highest BCUT2D eigenvalue weighted by atomic mass is 16.5. The fraction of sp³-hybridized carbons (Fsp3) is 0.467. The zero-order valence-electron chi connectivity index (χ0n) is 11.8. The topological polar surface area (TPSA) is 90.5 Å². The lowest BCUT2D eigenvalue weighted by atomic mass is 10.0. The minimum absolute atomic E-state index is 0.190. The molecule has 0 aliphatic heterocycles. The van der Waals surface area contributed by atoms with Crippen LogP contribution in [0.2, 0.25) is 0 Å². The second-order valence-corrected chi connectivity index (χ2v) is 5.32. The predicted molar refractivity (Wildman–Crippen MR) is 77.8 cm³/mol. The minimum atomic E-state index is -0.780. The normalized spacial score (nSPS) is 16.2. The van der Waals surface area contributed by atoms with Gasteiger partial charge in [0, 0.05) is 12.5 Å². The van der Waals surface area contributed by atoms with Crippen LogP contribution in [0.4, 0.5) is 4.79 Å². The Hall–Kier alpha value is -2.08. The Morgan fingerprint density at radius 2 is 1.86 bits per heavy atom. The Morgan fingerprint density at radius 3 is 2.48 bits per heavy atom. The fourth-order valence-electron chi connectivity index (χ4n) is 2.62. The van der Waals surface area contributed by atoms with E-state index in [2.05, 4.69) is 10.6 Å². The van der Waals surface area contributed by atoms with E-state index in [-0.39, 0.29) is 11.9 Å². The van der Waals surface area contributed by atoms with E-state index in [0.717, 1.165) is 31.2 Å². The van der Waals surface area contributed by atoms with E-state index in [9.17, 15) is 9.59 Å². The number of urea groups is 1. The summed E-state index contributed by atoms with van der Waals surface area (Å²) < 4.78 is 0. The van der Waals surface area contributed by atoms with Crippen molar-refractivity contribution in [1.29, 1.82) is 0 Å². The average Bonchev–Trinajstić information content (AvgIpc) is 3.00. The lowest BCUT2D eigenvalue weighted by molar-refractivity contribution is -0.123. The molecule has 4 N–H and O–H groups in total. The van der Waals surface area contributed by atoms with Crippen LogP contribution in [0.25, 0.3) is 0 Å². The Morgan fingerprint density at radius 1 is 1.19 bits per heavy atom. The lowest BCUT2D eigenvalue weighted by Crippen LogP contribution is -2.52. The zero-order valence-corrected chi connectivity index (χ0v) is 11.8. The van der Waals surface area contributed by atoms with Gasteiger partial charge in [-0.05, 0) is 18.4 Å². The van der Waals surface area contributed by atoms with Crippen LogP contribution in [-0.4, -0.2) is 29.2 Å². The summed E-state index contributed by atoms with van der Waals surface area (Å²) in [6.07, 6.45) is 4.59. The van der Waals surface area contributed by atoms with Crippen molar-refractivity contribution in [1.82, 2.24) is 16.1 Å². The fourth-order valence-corrected chi connectivity index (χ4v) is 2.62. The van der Waals surface area contributed by atoms with Gasteiger partial charge in [0.2, 0.25) is 5.91 Å². The smallest absolute Gasteiger partial charge is 0.339 e. The van der Waals surface area contributed by atoms with E-state index < -0.39 is 12.1 Å². The maximum absolute atomic E-state index is 12.3. The zero-order chi connectivity index (χ0) is 15.1. The summed E-state index contributed by atoms with van der Waals surface area (Å²) in [4.78, 5) is 23.6. The molecule has 21 heavy (non-hydrogen) atoms. The van der Waals surface area contributed by atoms with Gasteiger partial charge >= 0.3 is 6.03 Å². The quantitative estimate of drug-likeness (QED) is 0.487. The lowest BCUT2D eigenvalue weighted by Gasteiger charge is -2.20. The number of rotatable bonds is 5. The van der Waals surface area contributed by atoms with E-state index in [4.69, 9.17) is 5.21 Å². The highest BCUT2D eigenvalue weighted by Crippen LogP contribution is 2.17. The Kier molecular flexibility index (Phi) is 5.57. The maximum atomic E-state index is 12.3. The second kappa shape index (κ2) is 7.64. The molecule has 3 amide bonds. The summed E-state index contributed by atoms with van der Waals surface area (Å²) in [7, 11) is 0. The molecule has 0 radical (unpaired) electrons. The first kappa shape index (κ1) is 15.3. The third kappa shape index (κ3) is 4.75. The molecule has 1 saturated carbocycles. The highest BCUT2D eigenvalue weighted by Gasteiger charge is 2.25. The summed E-state index contributed by atoms with van der Waals surface area (Å²) in [6, 6.07) is 8.15. The molecule has 0 spiro atoms. The van der Waals surface area contributed by atoms with E-state index in [0.29, 0.717) is 6.42 Å². The molecule has 114 valence electrons. The molecule has 1 unspecified atom stereocenters. The van der Waals surface area contributed by atoms with Crippen LogP contribution in [-0.2, 0) is 11.2 Å². The van der Waals surface area contributed by atoms with Crippen molar-refractivity contribution in [3.8, 4) is 0 Å². The number of carbonyl (C=O) groups excluding carboxylic acids is 2. The molecular formula is C15H21N3O3. The number of amides is 3. The number of hydroxylamine groups is 1. The van der Waals surface area contributed by atoms with E-state index >= 15 is 0 Å². The van der Waals surface area contributed by atoms with Gasteiger partial charge in [-0.25, -0.2) is 10.3 Å². The first-order chi connectivity index (χ1) is 10.2. The Balaban J connectivity index is 1.99. The van der Waals surface area contributed by atoms with Gasteiger partial charge in [-0.2, -0.15) is 0 Å². The maximum Gasteiger partial charge on any atom is 0.339 e. The van der Waals surface area contributed by atoms with Crippen molar-refractivity contribution < 1.29 is 14.8 Å². The highest BCUT2D eigenvalue weighted by molar-refractivity contribution is 5.87. The SMILES string of the molecule is O=C(NO)NC(Cc1ccccc1)C(=O)NC1CCCC1. The molecule has 1 aliphatic rings. The monoisotopic (exact) mass is 291 g/mol. The summed E-state index contributed by atoms with van der Waals surface area (Å²) >= 11 is 0. The summed E-state index contributed by atoms with van der Waals surface area (Å²) in [5.74, 6) is -0.214. The molecule has 0 saturated heterocycles. The standard InChI is InChI=1S/C15H21N3O3/c19-14(16-12-8-4-5-9-12)13(17-15(20)18-21)10-11-6-2-1-3-7-11/h1-3,6-7,12-13,21H,4-5,8-10H2,(H,16,19)(H2,17,18,20). The van der Waals surface area contributed by atoms with Crippen molar-refractivity contribution in [3.63, 3.8) is 0 Å². The first-order valence-electron chi connectivity index (χ1n) is 7.24. The van der Waals surface area contributed by atoms with Crippen LogP contribution in [0.3, 0.4) is 0 Å². The van der Waals surface area contributed by atoms with Gasteiger partial charge in [0.05, 0.1) is 0 Å². The predicted octanol–water partition coefficient (Wildman–Crippen LogP) is 1.34. The van der Waals surface area contributed by atoms with Crippen molar-refractivity contribution in [2.45, 2.75) is 44.2 Å². The number of hydrogen-bond acceptors (Lipinski definition) is 3. The van der Waals surface area contributed by atoms with Crippen LogP contribution in [0.5, 0.6) is 0 Å². The van der Waals surface area contributed by atoms with Gasteiger partial charge in [-0.1, -0.05) is 43.2 Å². The van der Waals surface area contributed by atoms with Crippen molar-refractivity contribution in [2.75, 3.05) is 0 Å². The molecule has 1 fully saturated rings. The van der Waals surface area contributed by atoms with Crippen LogP contribution in [0.1, 0.15) is 31.2 Å². The largest absolute Gasteiger partial charge is 0.352 e. The van der Waals surface area contributed by atoms with Gasteiger partial charge in [-0.15, -0.1) is 0 Å².